The number of aromatic nitrogens is 6. The van der Waals surface area contributed by atoms with Gasteiger partial charge in [0, 0.05) is 18.2 Å². The summed E-state index contributed by atoms with van der Waals surface area (Å²) in [5.41, 5.74) is 1.33. The third kappa shape index (κ3) is 3.97. The van der Waals surface area contributed by atoms with Gasteiger partial charge in [-0.05, 0) is 46.5 Å². The zero-order valence-electron chi connectivity index (χ0n) is 16.4. The number of pyridine rings is 1. The molecule has 0 unspecified atom stereocenters. The number of alkyl carbamates (subject to hydrolysis) is 1. The van der Waals surface area contributed by atoms with Crippen LogP contribution >= 0.6 is 0 Å². The van der Waals surface area contributed by atoms with Gasteiger partial charge in [-0.15, -0.1) is 4.80 Å². The number of hydrogen-bond donors (Lipinski definition) is 1. The summed E-state index contributed by atoms with van der Waals surface area (Å²) >= 11 is 0. The van der Waals surface area contributed by atoms with Crippen molar-refractivity contribution in [1.82, 2.24) is 34.8 Å². The zero-order valence-corrected chi connectivity index (χ0v) is 16.4. The third-order valence-corrected chi connectivity index (χ3v) is 4.83. The van der Waals surface area contributed by atoms with Gasteiger partial charge >= 0.3 is 6.09 Å². The Morgan fingerprint density at radius 3 is 2.75 bits per heavy atom. The summed E-state index contributed by atoms with van der Waals surface area (Å²) < 4.78 is 7.57. The van der Waals surface area contributed by atoms with Crippen LogP contribution < -0.4 is 5.32 Å². The standard InChI is InChI=1S/C19H25N7O2/c1-19(2,3)28-18(27)24-13-5-4-6-14(9-13)25-12-21-15-11-20-17(10-16(15)25)26-22-7-8-23-26/h7-8,10-14H,4-6,9H2,1-3H3,(H,24,27)/t13-,14+/m0/s1. The van der Waals surface area contributed by atoms with E-state index in [9.17, 15) is 4.79 Å². The van der Waals surface area contributed by atoms with E-state index < -0.39 is 5.60 Å². The van der Waals surface area contributed by atoms with Gasteiger partial charge in [-0.3, -0.25) is 0 Å². The van der Waals surface area contributed by atoms with Gasteiger partial charge in [-0.2, -0.15) is 10.2 Å². The molecule has 1 aliphatic rings. The van der Waals surface area contributed by atoms with Crippen LogP contribution in [0.4, 0.5) is 4.79 Å². The Kier molecular flexibility index (Phi) is 4.74. The SMILES string of the molecule is CC(C)(C)OC(=O)N[C@H]1CCC[C@@H](n2cnc3cnc(-n4nccn4)cc32)C1. The molecule has 9 heteroatoms. The van der Waals surface area contributed by atoms with E-state index in [0.29, 0.717) is 5.82 Å². The van der Waals surface area contributed by atoms with Crippen molar-refractivity contribution in [2.75, 3.05) is 0 Å². The number of carbonyl (C=O) groups excluding carboxylic acids is 1. The molecule has 1 saturated carbocycles. The van der Waals surface area contributed by atoms with Crippen LogP contribution in [-0.4, -0.2) is 47.3 Å². The fourth-order valence-electron chi connectivity index (χ4n) is 3.68. The molecule has 3 aromatic rings. The number of nitrogens with one attached hydrogen (secondary N) is 1. The highest BCUT2D eigenvalue weighted by Crippen LogP contribution is 2.31. The van der Waals surface area contributed by atoms with Crippen LogP contribution in [0.3, 0.4) is 0 Å². The number of imidazole rings is 1. The minimum atomic E-state index is -0.497. The predicted molar refractivity (Wildman–Crippen MR) is 103 cm³/mol. The second-order valence-electron chi connectivity index (χ2n) is 8.17. The van der Waals surface area contributed by atoms with E-state index in [0.717, 1.165) is 36.7 Å². The summed E-state index contributed by atoms with van der Waals surface area (Å²) in [4.78, 5) is 22.5. The lowest BCUT2D eigenvalue weighted by molar-refractivity contribution is 0.0486. The molecule has 4 rings (SSSR count). The molecule has 0 aromatic carbocycles. The van der Waals surface area contributed by atoms with E-state index in [1.165, 1.54) is 4.80 Å². The van der Waals surface area contributed by atoms with Crippen molar-refractivity contribution >= 4 is 17.1 Å². The molecule has 1 fully saturated rings. The number of amides is 1. The lowest BCUT2D eigenvalue weighted by Crippen LogP contribution is -2.41. The van der Waals surface area contributed by atoms with Gasteiger partial charge in [0.15, 0.2) is 5.82 Å². The number of fused-ring (bicyclic) bond motifs is 1. The molecule has 0 aliphatic heterocycles. The summed E-state index contributed by atoms with van der Waals surface area (Å²) in [6.07, 6.45) is 10.3. The minimum absolute atomic E-state index is 0.0835. The fourth-order valence-corrected chi connectivity index (χ4v) is 3.68. The van der Waals surface area contributed by atoms with Crippen molar-refractivity contribution < 1.29 is 9.53 Å². The van der Waals surface area contributed by atoms with Crippen molar-refractivity contribution in [1.29, 1.82) is 0 Å². The van der Waals surface area contributed by atoms with Crippen LogP contribution in [-0.2, 0) is 4.74 Å². The largest absolute Gasteiger partial charge is 0.444 e. The summed E-state index contributed by atoms with van der Waals surface area (Å²) in [6.45, 7) is 5.61. The average Bonchev–Trinajstić information content (AvgIpc) is 3.29. The maximum atomic E-state index is 12.1. The molecule has 0 spiro atoms. The highest BCUT2D eigenvalue weighted by Gasteiger charge is 2.27. The minimum Gasteiger partial charge on any atom is -0.444 e. The Hall–Kier alpha value is -2.97. The lowest BCUT2D eigenvalue weighted by Gasteiger charge is -2.31. The fraction of sp³-hybridized carbons (Fsp3) is 0.526. The normalized spacial score (nSPS) is 20.2. The van der Waals surface area contributed by atoms with Crippen molar-refractivity contribution in [2.45, 2.75) is 64.1 Å². The first-order chi connectivity index (χ1) is 13.4. The lowest BCUT2D eigenvalue weighted by atomic mass is 9.91. The summed E-state index contributed by atoms with van der Waals surface area (Å²) in [7, 11) is 0. The van der Waals surface area contributed by atoms with Crippen LogP contribution in [0.5, 0.6) is 0 Å². The Morgan fingerprint density at radius 2 is 2.00 bits per heavy atom. The number of carbonyl (C=O) groups is 1. The Morgan fingerprint density at radius 1 is 1.21 bits per heavy atom. The average molecular weight is 383 g/mol. The summed E-state index contributed by atoms with van der Waals surface area (Å²) in [5.74, 6) is 0.651. The molecule has 2 atom stereocenters. The summed E-state index contributed by atoms with van der Waals surface area (Å²) in [5, 5.41) is 11.3. The van der Waals surface area contributed by atoms with Gasteiger partial charge in [-0.25, -0.2) is 14.8 Å². The quantitative estimate of drug-likeness (QED) is 0.746. The monoisotopic (exact) mass is 383 g/mol. The van der Waals surface area contributed by atoms with Crippen LogP contribution in [0.15, 0.2) is 31.0 Å². The van der Waals surface area contributed by atoms with E-state index in [1.54, 1.807) is 18.6 Å². The number of hydrogen-bond acceptors (Lipinski definition) is 6. The van der Waals surface area contributed by atoms with Crippen molar-refractivity contribution in [2.24, 2.45) is 0 Å². The van der Waals surface area contributed by atoms with Gasteiger partial charge in [0.1, 0.15) is 11.1 Å². The van der Waals surface area contributed by atoms with Crippen LogP contribution in [0.25, 0.3) is 16.9 Å². The van der Waals surface area contributed by atoms with Gasteiger partial charge in [0.05, 0.1) is 30.4 Å². The van der Waals surface area contributed by atoms with E-state index in [1.807, 2.05) is 33.2 Å². The smallest absolute Gasteiger partial charge is 0.407 e. The Balaban J connectivity index is 1.52. The molecule has 1 amide bonds. The molecule has 1 aliphatic carbocycles. The van der Waals surface area contributed by atoms with Gasteiger partial charge in [-0.1, -0.05) is 0 Å². The van der Waals surface area contributed by atoms with Crippen LogP contribution in [0, 0.1) is 0 Å². The second-order valence-corrected chi connectivity index (χ2v) is 8.17. The maximum absolute atomic E-state index is 12.1. The first-order valence-electron chi connectivity index (χ1n) is 9.58. The molecule has 28 heavy (non-hydrogen) atoms. The van der Waals surface area contributed by atoms with E-state index >= 15 is 0 Å². The van der Waals surface area contributed by atoms with Gasteiger partial charge in [0.25, 0.3) is 0 Å². The number of nitrogens with zero attached hydrogens (tertiary/aromatic N) is 6. The van der Waals surface area contributed by atoms with Gasteiger partial charge in [0.2, 0.25) is 0 Å². The maximum Gasteiger partial charge on any atom is 0.407 e. The van der Waals surface area contributed by atoms with Crippen molar-refractivity contribution in [3.8, 4) is 5.82 Å². The first-order valence-corrected chi connectivity index (χ1v) is 9.58. The van der Waals surface area contributed by atoms with Crippen molar-refractivity contribution in [3.05, 3.63) is 31.0 Å². The topological polar surface area (TPSA) is 99.8 Å². The zero-order chi connectivity index (χ0) is 19.7. The second kappa shape index (κ2) is 7.21. The molecule has 0 bridgehead atoms. The van der Waals surface area contributed by atoms with E-state index in [-0.39, 0.29) is 18.2 Å². The van der Waals surface area contributed by atoms with Gasteiger partial charge < -0.3 is 14.6 Å². The molecule has 1 N–H and O–H groups in total. The molecule has 3 heterocycles. The molecule has 148 valence electrons. The molecular formula is C19H25N7O2. The molecule has 0 saturated heterocycles. The molecule has 3 aromatic heterocycles. The highest BCUT2D eigenvalue weighted by atomic mass is 16.6. The van der Waals surface area contributed by atoms with Crippen molar-refractivity contribution in [3.63, 3.8) is 0 Å². The molecule has 9 nitrogen and oxygen atoms in total. The summed E-state index contributed by atoms with van der Waals surface area (Å²) in [6, 6.07) is 2.28. The predicted octanol–water partition coefficient (Wildman–Crippen LogP) is 3.02. The van der Waals surface area contributed by atoms with Crippen LogP contribution in [0.1, 0.15) is 52.5 Å². The van der Waals surface area contributed by atoms with E-state index in [4.69, 9.17) is 4.74 Å². The number of rotatable bonds is 3. The third-order valence-electron chi connectivity index (χ3n) is 4.83. The first kappa shape index (κ1) is 18.4. The highest BCUT2D eigenvalue weighted by molar-refractivity contribution is 5.76. The Bertz CT molecular complexity index is 958. The molecular weight excluding hydrogens is 358 g/mol. The Labute approximate surface area is 163 Å². The van der Waals surface area contributed by atoms with Crippen LogP contribution in [0.2, 0.25) is 0 Å². The number of ether oxygens (including phenoxy) is 1. The molecule has 0 radical (unpaired) electrons. The van der Waals surface area contributed by atoms with E-state index in [2.05, 4.69) is 30.0 Å².